The molecule has 0 radical (unpaired) electrons. The van der Waals surface area contributed by atoms with Crippen LogP contribution in [-0.2, 0) is 11.2 Å². The Kier molecular flexibility index (Phi) is 8.21. The number of aryl methyl sites for hydroxylation is 1. The number of amides is 3. The topological polar surface area (TPSA) is 87.3 Å². The number of hydrogen-bond donors (Lipinski definition) is 3. The van der Waals surface area contributed by atoms with Gasteiger partial charge in [-0.1, -0.05) is 50.9 Å². The molecule has 2 unspecified atom stereocenters. The first-order valence-corrected chi connectivity index (χ1v) is 9.99. The van der Waals surface area contributed by atoms with Gasteiger partial charge in [0.2, 0.25) is 0 Å². The molecule has 2 atom stereocenters. The minimum Gasteiger partial charge on any atom is -0.340 e. The molecule has 2 rings (SSSR count). The molecule has 0 saturated heterocycles. The summed E-state index contributed by atoms with van der Waals surface area (Å²) in [7, 11) is 0. The number of benzene rings is 2. The van der Waals surface area contributed by atoms with E-state index in [-0.39, 0.29) is 11.8 Å². The van der Waals surface area contributed by atoms with E-state index in [0.717, 1.165) is 12.0 Å². The number of halogens is 1. The van der Waals surface area contributed by atoms with E-state index in [1.807, 2.05) is 32.9 Å². The van der Waals surface area contributed by atoms with Crippen molar-refractivity contribution in [2.45, 2.75) is 39.7 Å². The van der Waals surface area contributed by atoms with E-state index in [2.05, 4.69) is 16.2 Å². The Morgan fingerprint density at radius 2 is 1.41 bits per heavy atom. The largest absolute Gasteiger partial charge is 0.340 e. The van der Waals surface area contributed by atoms with E-state index >= 15 is 0 Å². The molecule has 154 valence electrons. The second-order valence-electron chi connectivity index (χ2n) is 6.84. The van der Waals surface area contributed by atoms with Crippen LogP contribution in [0.1, 0.15) is 53.5 Å². The minimum atomic E-state index is -0.800. The Bertz CT molecular complexity index is 851. The van der Waals surface area contributed by atoms with Gasteiger partial charge in [0.25, 0.3) is 17.7 Å². The van der Waals surface area contributed by atoms with Gasteiger partial charge in [-0.3, -0.25) is 25.2 Å². The van der Waals surface area contributed by atoms with Crippen molar-refractivity contribution < 1.29 is 14.4 Å². The third-order valence-electron chi connectivity index (χ3n) is 4.81. The predicted octanol–water partition coefficient (Wildman–Crippen LogP) is 3.51. The van der Waals surface area contributed by atoms with Crippen molar-refractivity contribution in [3.63, 3.8) is 0 Å². The Hall–Kier alpha value is -2.86. The van der Waals surface area contributed by atoms with Gasteiger partial charge in [-0.05, 0) is 54.3 Å². The van der Waals surface area contributed by atoms with Crippen LogP contribution in [0.25, 0.3) is 0 Å². The van der Waals surface area contributed by atoms with Gasteiger partial charge < -0.3 is 5.32 Å². The molecule has 0 bridgehead atoms. The van der Waals surface area contributed by atoms with Crippen LogP contribution >= 0.6 is 11.6 Å². The van der Waals surface area contributed by atoms with Crippen molar-refractivity contribution in [2.75, 3.05) is 0 Å². The summed E-state index contributed by atoms with van der Waals surface area (Å²) in [6, 6.07) is 12.7. The highest BCUT2D eigenvalue weighted by atomic mass is 35.5. The molecule has 0 aliphatic heterocycles. The standard InChI is InChI=1S/C22H26ClN3O3/c1-4-14(3)19(24-20(27)16-10-12-18(23)13-11-16)22(29)26-25-21(28)17-8-6-15(5-2)7-9-17/h6-14,19H,4-5H2,1-3H3,(H,24,27)(H,25,28)(H,26,29). The molecule has 0 fully saturated rings. The van der Waals surface area contributed by atoms with Gasteiger partial charge in [0.05, 0.1) is 0 Å². The number of carbonyl (C=O) groups is 3. The van der Waals surface area contributed by atoms with E-state index in [1.165, 1.54) is 0 Å². The molecule has 3 N–H and O–H groups in total. The average Bonchev–Trinajstić information content (AvgIpc) is 2.75. The Morgan fingerprint density at radius 3 is 1.97 bits per heavy atom. The number of hydrazine groups is 1. The maximum absolute atomic E-state index is 12.6. The van der Waals surface area contributed by atoms with Gasteiger partial charge in [0.15, 0.2) is 0 Å². The number of carbonyl (C=O) groups excluding carboxylic acids is 3. The smallest absolute Gasteiger partial charge is 0.269 e. The van der Waals surface area contributed by atoms with Crippen LogP contribution in [0.15, 0.2) is 48.5 Å². The number of rotatable bonds is 7. The van der Waals surface area contributed by atoms with E-state index in [0.29, 0.717) is 22.6 Å². The van der Waals surface area contributed by atoms with Crippen molar-refractivity contribution in [3.8, 4) is 0 Å². The monoisotopic (exact) mass is 415 g/mol. The fourth-order valence-corrected chi connectivity index (χ4v) is 2.81. The lowest BCUT2D eigenvalue weighted by atomic mass is 9.98. The van der Waals surface area contributed by atoms with Gasteiger partial charge in [0.1, 0.15) is 6.04 Å². The lowest BCUT2D eigenvalue weighted by molar-refractivity contribution is -0.124. The lowest BCUT2D eigenvalue weighted by Crippen LogP contribution is -2.54. The molecule has 3 amide bonds. The fraction of sp³-hybridized carbons (Fsp3) is 0.318. The summed E-state index contributed by atoms with van der Waals surface area (Å²) in [5, 5.41) is 3.26. The third kappa shape index (κ3) is 6.32. The molecular formula is C22H26ClN3O3. The van der Waals surface area contributed by atoms with Crippen molar-refractivity contribution in [2.24, 2.45) is 5.92 Å². The van der Waals surface area contributed by atoms with Gasteiger partial charge in [0, 0.05) is 16.1 Å². The van der Waals surface area contributed by atoms with Crippen LogP contribution in [0, 0.1) is 5.92 Å². The average molecular weight is 416 g/mol. The SMILES string of the molecule is CCc1ccc(C(=O)NNC(=O)C(NC(=O)c2ccc(Cl)cc2)C(C)CC)cc1. The second-order valence-corrected chi connectivity index (χ2v) is 7.27. The maximum Gasteiger partial charge on any atom is 0.269 e. The number of nitrogens with one attached hydrogen (secondary N) is 3. The number of hydrogen-bond acceptors (Lipinski definition) is 3. The van der Waals surface area contributed by atoms with Crippen LogP contribution in [0.5, 0.6) is 0 Å². The van der Waals surface area contributed by atoms with Crippen molar-refractivity contribution in [1.82, 2.24) is 16.2 Å². The molecule has 0 spiro atoms. The van der Waals surface area contributed by atoms with E-state index in [9.17, 15) is 14.4 Å². The summed E-state index contributed by atoms with van der Waals surface area (Å²) in [5.74, 6) is -1.43. The van der Waals surface area contributed by atoms with Crippen LogP contribution in [0.4, 0.5) is 0 Å². The Morgan fingerprint density at radius 1 is 0.862 bits per heavy atom. The van der Waals surface area contributed by atoms with Gasteiger partial charge in [-0.25, -0.2) is 0 Å². The molecule has 0 aliphatic rings. The highest BCUT2D eigenvalue weighted by Gasteiger charge is 2.26. The van der Waals surface area contributed by atoms with Crippen molar-refractivity contribution >= 4 is 29.3 Å². The van der Waals surface area contributed by atoms with E-state index in [4.69, 9.17) is 11.6 Å². The highest BCUT2D eigenvalue weighted by Crippen LogP contribution is 2.12. The molecule has 0 aliphatic carbocycles. The molecule has 2 aromatic carbocycles. The fourth-order valence-electron chi connectivity index (χ4n) is 2.69. The molecule has 0 heterocycles. The Balaban J connectivity index is 2.01. The summed E-state index contributed by atoms with van der Waals surface area (Å²) in [6.07, 6.45) is 1.55. The quantitative estimate of drug-likeness (QED) is 0.605. The molecule has 2 aromatic rings. The zero-order valence-corrected chi connectivity index (χ0v) is 17.5. The zero-order valence-electron chi connectivity index (χ0n) is 16.8. The highest BCUT2D eigenvalue weighted by molar-refractivity contribution is 6.30. The van der Waals surface area contributed by atoms with Crippen LogP contribution in [0.3, 0.4) is 0 Å². The summed E-state index contributed by atoms with van der Waals surface area (Å²) in [5.41, 5.74) is 6.78. The molecule has 0 saturated carbocycles. The second kappa shape index (κ2) is 10.6. The zero-order chi connectivity index (χ0) is 21.4. The van der Waals surface area contributed by atoms with Gasteiger partial charge in [-0.2, -0.15) is 0 Å². The van der Waals surface area contributed by atoms with Gasteiger partial charge in [-0.15, -0.1) is 0 Å². The molecular weight excluding hydrogens is 390 g/mol. The van der Waals surface area contributed by atoms with E-state index < -0.39 is 17.9 Å². The van der Waals surface area contributed by atoms with Crippen molar-refractivity contribution in [1.29, 1.82) is 0 Å². The summed E-state index contributed by atoms with van der Waals surface area (Å²) >= 11 is 5.85. The summed E-state index contributed by atoms with van der Waals surface area (Å²) in [6.45, 7) is 5.81. The lowest BCUT2D eigenvalue weighted by Gasteiger charge is -2.23. The van der Waals surface area contributed by atoms with Crippen LogP contribution in [0.2, 0.25) is 5.02 Å². The van der Waals surface area contributed by atoms with Crippen LogP contribution < -0.4 is 16.2 Å². The molecule has 6 nitrogen and oxygen atoms in total. The Labute approximate surface area is 176 Å². The first-order valence-electron chi connectivity index (χ1n) is 9.61. The molecule has 7 heteroatoms. The van der Waals surface area contributed by atoms with Gasteiger partial charge >= 0.3 is 0 Å². The first kappa shape index (κ1) is 22.4. The first-order chi connectivity index (χ1) is 13.8. The summed E-state index contributed by atoms with van der Waals surface area (Å²) in [4.78, 5) is 37.4. The summed E-state index contributed by atoms with van der Waals surface area (Å²) < 4.78 is 0. The molecule has 0 aromatic heterocycles. The minimum absolute atomic E-state index is 0.132. The third-order valence-corrected chi connectivity index (χ3v) is 5.06. The van der Waals surface area contributed by atoms with Crippen LogP contribution in [-0.4, -0.2) is 23.8 Å². The maximum atomic E-state index is 12.6. The van der Waals surface area contributed by atoms with E-state index in [1.54, 1.807) is 36.4 Å². The predicted molar refractivity (Wildman–Crippen MR) is 114 cm³/mol. The normalized spacial score (nSPS) is 12.6. The molecule has 29 heavy (non-hydrogen) atoms. The van der Waals surface area contributed by atoms with Crippen molar-refractivity contribution in [3.05, 3.63) is 70.2 Å².